The molecule has 0 bridgehead atoms. The molecule has 3 rings (SSSR count). The Kier molecular flexibility index (Phi) is 4.14. The van der Waals surface area contributed by atoms with Gasteiger partial charge >= 0.3 is 11.8 Å². The number of anilines is 1. The van der Waals surface area contributed by atoms with Crippen LogP contribution in [0.2, 0.25) is 0 Å². The van der Waals surface area contributed by atoms with E-state index in [4.69, 9.17) is 4.42 Å². The predicted molar refractivity (Wildman–Crippen MR) is 83.5 cm³/mol. The van der Waals surface area contributed by atoms with Crippen LogP contribution in [0, 0.1) is 5.82 Å². The third-order valence-corrected chi connectivity index (χ3v) is 3.37. The first-order valence-corrected chi connectivity index (χ1v) is 7.16. The van der Waals surface area contributed by atoms with Gasteiger partial charge in [0.1, 0.15) is 5.82 Å². The molecule has 0 unspecified atom stereocenters. The molecular formula is C17H14FN3O2. The number of nitrogens with zero attached hydrogens (tertiary/aromatic N) is 2. The van der Waals surface area contributed by atoms with Gasteiger partial charge in [0.25, 0.3) is 5.89 Å². The van der Waals surface area contributed by atoms with Crippen LogP contribution in [0.3, 0.4) is 0 Å². The maximum Gasteiger partial charge on any atom is 0.313 e. The summed E-state index contributed by atoms with van der Waals surface area (Å²) in [5.41, 5.74) is 1.84. The summed E-state index contributed by atoms with van der Waals surface area (Å²) < 4.78 is 19.0. The molecule has 0 aliphatic heterocycles. The molecule has 1 aromatic heterocycles. The molecule has 23 heavy (non-hydrogen) atoms. The molecule has 0 fully saturated rings. The molecule has 0 spiro atoms. The van der Waals surface area contributed by atoms with Crippen molar-refractivity contribution in [1.29, 1.82) is 0 Å². The Hall–Kier alpha value is -3.02. The van der Waals surface area contributed by atoms with E-state index in [0.717, 1.165) is 12.0 Å². The van der Waals surface area contributed by atoms with Crippen molar-refractivity contribution in [3.8, 4) is 11.5 Å². The van der Waals surface area contributed by atoms with E-state index in [9.17, 15) is 9.18 Å². The molecule has 0 radical (unpaired) electrons. The van der Waals surface area contributed by atoms with Crippen molar-refractivity contribution in [3.05, 3.63) is 65.8 Å². The van der Waals surface area contributed by atoms with Gasteiger partial charge in [0.2, 0.25) is 0 Å². The van der Waals surface area contributed by atoms with Gasteiger partial charge in [-0.05, 0) is 30.2 Å². The van der Waals surface area contributed by atoms with Crippen molar-refractivity contribution >= 4 is 11.6 Å². The number of para-hydroxylation sites is 1. The minimum Gasteiger partial charge on any atom is -0.412 e. The van der Waals surface area contributed by atoms with Crippen LogP contribution in [-0.4, -0.2) is 16.1 Å². The smallest absolute Gasteiger partial charge is 0.313 e. The second kappa shape index (κ2) is 6.39. The van der Waals surface area contributed by atoms with Crippen LogP contribution in [0.1, 0.15) is 23.2 Å². The van der Waals surface area contributed by atoms with Gasteiger partial charge in [0.15, 0.2) is 0 Å². The van der Waals surface area contributed by atoms with Gasteiger partial charge in [0.05, 0.1) is 5.56 Å². The van der Waals surface area contributed by atoms with Crippen LogP contribution < -0.4 is 5.32 Å². The van der Waals surface area contributed by atoms with Gasteiger partial charge in [-0.15, -0.1) is 10.2 Å². The normalized spacial score (nSPS) is 10.5. The highest BCUT2D eigenvalue weighted by molar-refractivity contribution is 6.01. The number of hydrogen-bond acceptors (Lipinski definition) is 4. The Morgan fingerprint density at radius 1 is 1.13 bits per heavy atom. The molecule has 3 aromatic rings. The van der Waals surface area contributed by atoms with E-state index in [0.29, 0.717) is 5.69 Å². The number of rotatable bonds is 4. The van der Waals surface area contributed by atoms with E-state index in [1.807, 2.05) is 25.1 Å². The van der Waals surface area contributed by atoms with Crippen LogP contribution in [0.4, 0.5) is 10.1 Å². The van der Waals surface area contributed by atoms with Crippen LogP contribution >= 0.6 is 0 Å². The fourth-order valence-corrected chi connectivity index (χ4v) is 2.18. The third kappa shape index (κ3) is 3.11. The largest absolute Gasteiger partial charge is 0.412 e. The molecule has 0 aliphatic carbocycles. The summed E-state index contributed by atoms with van der Waals surface area (Å²) in [7, 11) is 0. The molecule has 5 nitrogen and oxygen atoms in total. The van der Waals surface area contributed by atoms with Crippen molar-refractivity contribution in [3.63, 3.8) is 0 Å². The molecular weight excluding hydrogens is 297 g/mol. The molecule has 6 heteroatoms. The number of amides is 1. The average molecular weight is 311 g/mol. The Morgan fingerprint density at radius 2 is 1.87 bits per heavy atom. The quantitative estimate of drug-likeness (QED) is 0.798. The van der Waals surface area contributed by atoms with E-state index in [1.54, 1.807) is 18.2 Å². The minimum atomic E-state index is -0.527. The zero-order chi connectivity index (χ0) is 16.2. The van der Waals surface area contributed by atoms with Crippen molar-refractivity contribution in [2.75, 3.05) is 5.32 Å². The molecule has 0 saturated carbocycles. The fourth-order valence-electron chi connectivity index (χ4n) is 2.18. The van der Waals surface area contributed by atoms with E-state index >= 15 is 0 Å². The zero-order valence-corrected chi connectivity index (χ0v) is 12.4. The molecule has 1 heterocycles. The van der Waals surface area contributed by atoms with Crippen LogP contribution in [0.5, 0.6) is 0 Å². The van der Waals surface area contributed by atoms with Crippen molar-refractivity contribution in [1.82, 2.24) is 10.2 Å². The second-order valence-electron chi connectivity index (χ2n) is 4.86. The zero-order valence-electron chi connectivity index (χ0n) is 12.4. The first-order chi connectivity index (χ1) is 11.2. The molecule has 1 N–H and O–H groups in total. The summed E-state index contributed by atoms with van der Waals surface area (Å²) >= 11 is 0. The Labute approximate surface area is 132 Å². The number of aryl methyl sites for hydroxylation is 1. The van der Waals surface area contributed by atoms with Gasteiger partial charge in [-0.25, -0.2) is 4.39 Å². The molecule has 1 amide bonds. The lowest BCUT2D eigenvalue weighted by atomic mass is 10.1. The number of carbonyl (C=O) groups is 1. The first-order valence-electron chi connectivity index (χ1n) is 7.16. The van der Waals surface area contributed by atoms with E-state index < -0.39 is 11.7 Å². The predicted octanol–water partition coefficient (Wildman–Crippen LogP) is 3.69. The van der Waals surface area contributed by atoms with Crippen molar-refractivity contribution in [2.24, 2.45) is 0 Å². The lowest BCUT2D eigenvalue weighted by Gasteiger charge is -2.07. The number of nitrogens with one attached hydrogen (secondary N) is 1. The summed E-state index contributed by atoms with van der Waals surface area (Å²) in [6.45, 7) is 1.99. The second-order valence-corrected chi connectivity index (χ2v) is 4.86. The number of aromatic nitrogens is 2. The molecule has 0 atom stereocenters. The van der Waals surface area contributed by atoms with E-state index in [-0.39, 0.29) is 17.3 Å². The maximum atomic E-state index is 13.7. The molecule has 0 saturated heterocycles. The number of hydrogen-bond donors (Lipinski definition) is 1. The summed E-state index contributed by atoms with van der Waals surface area (Å²) in [5, 5.41) is 10.2. The van der Waals surface area contributed by atoms with Gasteiger partial charge in [-0.2, -0.15) is 0 Å². The van der Waals surface area contributed by atoms with Gasteiger partial charge < -0.3 is 9.73 Å². The van der Waals surface area contributed by atoms with Gasteiger partial charge in [-0.1, -0.05) is 37.3 Å². The average Bonchev–Trinajstić information content (AvgIpc) is 3.05. The van der Waals surface area contributed by atoms with Crippen LogP contribution in [-0.2, 0) is 6.42 Å². The number of benzene rings is 2. The number of carbonyl (C=O) groups excluding carboxylic acids is 1. The maximum absolute atomic E-state index is 13.7. The molecule has 0 aliphatic rings. The third-order valence-electron chi connectivity index (χ3n) is 3.37. The lowest BCUT2D eigenvalue weighted by molar-refractivity contribution is 0.0990. The van der Waals surface area contributed by atoms with Crippen LogP contribution in [0.15, 0.2) is 52.9 Å². The standard InChI is InChI=1S/C17H14FN3O2/c1-2-11-7-3-6-10-14(11)19-15(22)17-21-20-16(23-17)12-8-4-5-9-13(12)18/h3-10H,2H2,1H3,(H,19,22). The van der Waals surface area contributed by atoms with Gasteiger partial charge in [0, 0.05) is 5.69 Å². The highest BCUT2D eigenvalue weighted by Gasteiger charge is 2.18. The SMILES string of the molecule is CCc1ccccc1NC(=O)c1nnc(-c2ccccc2F)o1. The lowest BCUT2D eigenvalue weighted by Crippen LogP contribution is -2.13. The highest BCUT2D eigenvalue weighted by atomic mass is 19.1. The Morgan fingerprint density at radius 3 is 2.65 bits per heavy atom. The molecule has 116 valence electrons. The van der Waals surface area contributed by atoms with E-state index in [2.05, 4.69) is 15.5 Å². The van der Waals surface area contributed by atoms with Crippen molar-refractivity contribution < 1.29 is 13.6 Å². The number of halogens is 1. The summed E-state index contributed by atoms with van der Waals surface area (Å²) in [4.78, 5) is 12.2. The van der Waals surface area contributed by atoms with Crippen molar-refractivity contribution in [2.45, 2.75) is 13.3 Å². The first kappa shape index (κ1) is 14.9. The van der Waals surface area contributed by atoms with Gasteiger partial charge in [-0.3, -0.25) is 4.79 Å². The summed E-state index contributed by atoms with van der Waals surface area (Å²) in [5.74, 6) is -1.26. The minimum absolute atomic E-state index is 0.0305. The Bertz CT molecular complexity index is 845. The summed E-state index contributed by atoms with van der Waals surface area (Å²) in [6.07, 6.45) is 0.779. The summed E-state index contributed by atoms with van der Waals surface area (Å²) in [6, 6.07) is 13.5. The van der Waals surface area contributed by atoms with Crippen LogP contribution in [0.25, 0.3) is 11.5 Å². The molecule has 2 aromatic carbocycles. The topological polar surface area (TPSA) is 68.0 Å². The Balaban J connectivity index is 1.83. The monoisotopic (exact) mass is 311 g/mol. The van der Waals surface area contributed by atoms with E-state index in [1.165, 1.54) is 12.1 Å². The fraction of sp³-hybridized carbons (Fsp3) is 0.118. The highest BCUT2D eigenvalue weighted by Crippen LogP contribution is 2.22.